The molecule has 6 nitrogen and oxygen atoms in total. The number of hydrogen-bond donors (Lipinski definition) is 0. The molecule has 2 aliphatic heterocycles. The fourth-order valence-electron chi connectivity index (χ4n) is 3.93. The molecule has 26 heavy (non-hydrogen) atoms. The Hall–Kier alpha value is -1.50. The van der Waals surface area contributed by atoms with Gasteiger partial charge in [-0.1, -0.05) is 13.0 Å². The molecule has 2 aliphatic rings. The van der Waals surface area contributed by atoms with E-state index in [2.05, 4.69) is 27.9 Å². The van der Waals surface area contributed by atoms with Gasteiger partial charge >= 0.3 is 0 Å². The fourth-order valence-corrected chi connectivity index (χ4v) is 3.93. The molecule has 1 amide bonds. The maximum Gasteiger partial charge on any atom is 0.222 e. The average molecular weight is 361 g/mol. The molecule has 3 heterocycles. The number of piperidine rings is 1. The number of carbonyl (C=O) groups is 1. The third-order valence-electron chi connectivity index (χ3n) is 5.80. The number of aromatic nitrogens is 1. The van der Waals surface area contributed by atoms with Crippen LogP contribution in [0.25, 0.3) is 0 Å². The van der Waals surface area contributed by atoms with Gasteiger partial charge in [0, 0.05) is 70.2 Å². The van der Waals surface area contributed by atoms with Crippen LogP contribution in [0.1, 0.15) is 31.7 Å². The lowest BCUT2D eigenvalue weighted by Crippen LogP contribution is -2.48. The molecule has 0 saturated carbocycles. The van der Waals surface area contributed by atoms with Crippen molar-refractivity contribution in [3.63, 3.8) is 0 Å². The van der Waals surface area contributed by atoms with Crippen LogP contribution in [0.3, 0.4) is 0 Å². The fraction of sp³-hybridized carbons (Fsp3) is 0.700. The molecule has 144 valence electrons. The van der Waals surface area contributed by atoms with Gasteiger partial charge < -0.3 is 14.5 Å². The maximum absolute atomic E-state index is 12.0. The second-order valence-electron chi connectivity index (χ2n) is 7.46. The number of amides is 1. The molecule has 0 N–H and O–H groups in total. The van der Waals surface area contributed by atoms with Crippen LogP contribution in [-0.4, -0.2) is 85.1 Å². The van der Waals surface area contributed by atoms with Crippen molar-refractivity contribution in [1.29, 1.82) is 0 Å². The van der Waals surface area contributed by atoms with Crippen LogP contribution in [0.2, 0.25) is 0 Å². The number of carbonyl (C=O) groups excluding carboxylic acids is 1. The van der Waals surface area contributed by atoms with E-state index in [1.807, 2.05) is 24.1 Å². The van der Waals surface area contributed by atoms with E-state index in [1.165, 1.54) is 0 Å². The van der Waals surface area contributed by atoms with E-state index in [9.17, 15) is 4.79 Å². The zero-order valence-corrected chi connectivity index (χ0v) is 16.2. The molecule has 0 aromatic carbocycles. The van der Waals surface area contributed by atoms with Crippen LogP contribution in [0, 0.1) is 0 Å². The summed E-state index contributed by atoms with van der Waals surface area (Å²) in [5, 5.41) is 0. The summed E-state index contributed by atoms with van der Waals surface area (Å²) in [5.41, 5.74) is 0.827. The highest BCUT2D eigenvalue weighted by atomic mass is 16.5. The van der Waals surface area contributed by atoms with E-state index in [0.717, 1.165) is 70.8 Å². The van der Waals surface area contributed by atoms with E-state index >= 15 is 0 Å². The highest BCUT2D eigenvalue weighted by Gasteiger charge is 2.38. The van der Waals surface area contributed by atoms with Gasteiger partial charge in [0.25, 0.3) is 0 Å². The van der Waals surface area contributed by atoms with Gasteiger partial charge in [-0.05, 0) is 26.0 Å². The van der Waals surface area contributed by atoms with Crippen LogP contribution < -0.4 is 0 Å². The maximum atomic E-state index is 12.0. The highest BCUT2D eigenvalue weighted by Crippen LogP contribution is 2.36. The first-order chi connectivity index (χ1) is 12.6. The van der Waals surface area contributed by atoms with Crippen LogP contribution >= 0.6 is 0 Å². The third kappa shape index (κ3) is 4.61. The summed E-state index contributed by atoms with van der Waals surface area (Å²) in [6.07, 6.45) is 5.98. The number of likely N-dealkylation sites (N-methyl/N-ethyl adjacent to an activating group) is 1. The Kier molecular flexibility index (Phi) is 6.62. The molecular weight excluding hydrogens is 328 g/mol. The highest BCUT2D eigenvalue weighted by molar-refractivity contribution is 5.75. The van der Waals surface area contributed by atoms with Crippen LogP contribution in [0.4, 0.5) is 0 Å². The molecular formula is C20H32N4O2. The van der Waals surface area contributed by atoms with E-state index in [-0.39, 0.29) is 11.5 Å². The van der Waals surface area contributed by atoms with Gasteiger partial charge in [-0.15, -0.1) is 0 Å². The number of rotatable bonds is 6. The average Bonchev–Trinajstić information content (AvgIpc) is 2.70. The van der Waals surface area contributed by atoms with E-state index < -0.39 is 0 Å². The molecule has 6 heteroatoms. The molecule has 0 atom stereocenters. The Balaban J connectivity index is 1.61. The normalized spacial score (nSPS) is 21.7. The topological polar surface area (TPSA) is 48.9 Å². The summed E-state index contributed by atoms with van der Waals surface area (Å²) in [6, 6.07) is 4.09. The van der Waals surface area contributed by atoms with Gasteiger partial charge in [-0.3, -0.25) is 14.7 Å². The first kappa shape index (κ1) is 19.3. The Labute approximate surface area is 157 Å². The number of nitrogens with zero attached hydrogens (tertiary/aromatic N) is 4. The van der Waals surface area contributed by atoms with E-state index in [0.29, 0.717) is 6.42 Å². The number of likely N-dealkylation sites (tertiary alicyclic amines) is 1. The van der Waals surface area contributed by atoms with Crippen molar-refractivity contribution in [2.75, 3.05) is 59.5 Å². The van der Waals surface area contributed by atoms with Gasteiger partial charge in [0.2, 0.25) is 5.91 Å². The Bertz CT molecular complexity index is 564. The van der Waals surface area contributed by atoms with Gasteiger partial charge in [-0.25, -0.2) is 0 Å². The summed E-state index contributed by atoms with van der Waals surface area (Å²) in [5.74, 6) is 0.238. The Morgan fingerprint density at radius 2 is 1.92 bits per heavy atom. The standard InChI is InChI=1S/C20H32N4O2/c1-3-19(25)24-9-6-20(7-10-24,18-5-4-8-21-17-18)26-16-15-23-13-11-22(2)12-14-23/h4-5,8,17H,3,6-7,9-16H2,1-2H3. The second-order valence-corrected chi connectivity index (χ2v) is 7.46. The summed E-state index contributed by atoms with van der Waals surface area (Å²) >= 11 is 0. The molecule has 3 rings (SSSR count). The molecule has 0 radical (unpaired) electrons. The predicted octanol–water partition coefficient (Wildman–Crippen LogP) is 1.57. The molecule has 2 saturated heterocycles. The van der Waals surface area contributed by atoms with Crippen LogP contribution in [0.5, 0.6) is 0 Å². The quantitative estimate of drug-likeness (QED) is 0.771. The molecule has 1 aromatic heterocycles. The minimum absolute atomic E-state index is 0.238. The summed E-state index contributed by atoms with van der Waals surface area (Å²) in [6.45, 7) is 9.61. The van der Waals surface area contributed by atoms with Gasteiger partial charge in [-0.2, -0.15) is 0 Å². The summed E-state index contributed by atoms with van der Waals surface area (Å²) < 4.78 is 6.51. The zero-order chi connectivity index (χ0) is 18.4. The van der Waals surface area contributed by atoms with Crippen molar-refractivity contribution in [3.8, 4) is 0 Å². The minimum Gasteiger partial charge on any atom is -0.369 e. The first-order valence-corrected chi connectivity index (χ1v) is 9.86. The molecule has 0 spiro atoms. The molecule has 0 unspecified atom stereocenters. The van der Waals surface area contributed by atoms with Gasteiger partial charge in [0.1, 0.15) is 0 Å². The number of pyridine rings is 1. The SMILES string of the molecule is CCC(=O)N1CCC(OCCN2CCN(C)CC2)(c2cccnc2)CC1. The van der Waals surface area contributed by atoms with Crippen molar-refractivity contribution in [1.82, 2.24) is 19.7 Å². The smallest absolute Gasteiger partial charge is 0.222 e. The number of ether oxygens (including phenoxy) is 1. The van der Waals surface area contributed by atoms with Crippen LogP contribution in [-0.2, 0) is 15.1 Å². The first-order valence-electron chi connectivity index (χ1n) is 9.86. The van der Waals surface area contributed by atoms with Crippen molar-refractivity contribution in [2.24, 2.45) is 0 Å². The lowest BCUT2D eigenvalue weighted by Gasteiger charge is -2.42. The largest absolute Gasteiger partial charge is 0.369 e. The Morgan fingerprint density at radius 3 is 2.54 bits per heavy atom. The zero-order valence-electron chi connectivity index (χ0n) is 16.2. The van der Waals surface area contributed by atoms with Gasteiger partial charge in [0.05, 0.1) is 12.2 Å². The number of piperazine rings is 1. The lowest BCUT2D eigenvalue weighted by atomic mass is 9.84. The monoisotopic (exact) mass is 360 g/mol. The molecule has 0 bridgehead atoms. The molecule has 2 fully saturated rings. The van der Waals surface area contributed by atoms with Crippen molar-refractivity contribution in [3.05, 3.63) is 30.1 Å². The van der Waals surface area contributed by atoms with Crippen molar-refractivity contribution < 1.29 is 9.53 Å². The second kappa shape index (κ2) is 8.93. The number of hydrogen-bond acceptors (Lipinski definition) is 5. The minimum atomic E-state index is -0.314. The van der Waals surface area contributed by atoms with Gasteiger partial charge in [0.15, 0.2) is 0 Å². The van der Waals surface area contributed by atoms with Crippen LogP contribution in [0.15, 0.2) is 24.5 Å². The Morgan fingerprint density at radius 1 is 1.19 bits per heavy atom. The predicted molar refractivity (Wildman–Crippen MR) is 102 cm³/mol. The van der Waals surface area contributed by atoms with E-state index in [1.54, 1.807) is 6.20 Å². The lowest BCUT2D eigenvalue weighted by molar-refractivity contribution is -0.139. The van der Waals surface area contributed by atoms with Crippen molar-refractivity contribution >= 4 is 5.91 Å². The molecule has 0 aliphatic carbocycles. The molecule has 1 aromatic rings. The summed E-state index contributed by atoms with van der Waals surface area (Å²) in [4.78, 5) is 23.1. The summed E-state index contributed by atoms with van der Waals surface area (Å²) in [7, 11) is 2.18. The van der Waals surface area contributed by atoms with E-state index in [4.69, 9.17) is 4.74 Å². The van der Waals surface area contributed by atoms with Crippen molar-refractivity contribution in [2.45, 2.75) is 31.8 Å². The third-order valence-corrected chi connectivity index (χ3v) is 5.80.